The van der Waals surface area contributed by atoms with Crippen molar-refractivity contribution in [3.05, 3.63) is 48.0 Å². The average Bonchev–Trinajstić information content (AvgIpc) is 2.69. The van der Waals surface area contributed by atoms with Crippen LogP contribution in [0.25, 0.3) is 10.8 Å². The minimum absolute atomic E-state index is 0.113. The van der Waals surface area contributed by atoms with Crippen molar-refractivity contribution in [2.75, 3.05) is 26.9 Å². The van der Waals surface area contributed by atoms with E-state index in [2.05, 4.69) is 13.5 Å². The van der Waals surface area contributed by atoms with Gasteiger partial charge in [0, 0.05) is 29.5 Å². The van der Waals surface area contributed by atoms with Gasteiger partial charge in [-0.05, 0) is 6.42 Å². The monoisotopic (exact) mass is 392 g/mol. The molecule has 0 saturated carbocycles. The van der Waals surface area contributed by atoms with Crippen molar-refractivity contribution >= 4 is 28.3 Å². The molecule has 0 fully saturated rings. The molecule has 0 N–H and O–H groups in total. The summed E-state index contributed by atoms with van der Waals surface area (Å²) in [4.78, 5) is 11.6. The highest BCUT2D eigenvalue weighted by atomic mass is 35.5. The van der Waals surface area contributed by atoms with Gasteiger partial charge in [-0.1, -0.05) is 55.8 Å². The molecule has 1 unspecified atom stereocenters. The van der Waals surface area contributed by atoms with Gasteiger partial charge in [-0.25, -0.2) is 4.79 Å². The van der Waals surface area contributed by atoms with Gasteiger partial charge in [0.05, 0.1) is 18.7 Å². The smallest absolute Gasteiger partial charge is 0.330 e. The van der Waals surface area contributed by atoms with E-state index in [1.807, 2.05) is 24.3 Å². The first-order chi connectivity index (χ1) is 13.1. The first-order valence-corrected chi connectivity index (χ1v) is 9.27. The normalized spacial score (nSPS) is 11.8. The second-order valence-electron chi connectivity index (χ2n) is 5.94. The maximum absolute atomic E-state index is 11.6. The number of halogens is 1. The van der Waals surface area contributed by atoms with Crippen LogP contribution < -0.4 is 9.47 Å². The van der Waals surface area contributed by atoms with Crippen molar-refractivity contribution in [2.24, 2.45) is 0 Å². The first kappa shape index (κ1) is 21.1. The summed E-state index contributed by atoms with van der Waals surface area (Å²) in [6.45, 7) is 6.46. The molecule has 2 aromatic rings. The summed E-state index contributed by atoms with van der Waals surface area (Å²) in [5.74, 6) is 0.662. The Morgan fingerprint density at radius 3 is 2.67 bits per heavy atom. The van der Waals surface area contributed by atoms with E-state index in [0.29, 0.717) is 23.1 Å². The summed E-state index contributed by atoms with van der Waals surface area (Å²) in [6.07, 6.45) is 2.53. The van der Waals surface area contributed by atoms with Gasteiger partial charge < -0.3 is 18.9 Å². The Morgan fingerprint density at radius 1 is 1.26 bits per heavy atom. The summed E-state index contributed by atoms with van der Waals surface area (Å²) >= 11 is 6.39. The standard InChI is InChI=1S/C21H25ClO5/c1-4-6-11-25-13-15(27-20(23)5-2)14-26-21-17-10-8-7-9-16(17)19(24-3)12-18(21)22/h5,7-10,12,15H,2,4,6,11,13-14H2,1,3H3. The lowest BCUT2D eigenvalue weighted by atomic mass is 10.1. The predicted octanol–water partition coefficient (Wildman–Crippen LogP) is 4.80. The van der Waals surface area contributed by atoms with Crippen molar-refractivity contribution in [3.8, 4) is 11.5 Å². The molecular formula is C21H25ClO5. The molecule has 0 bridgehead atoms. The van der Waals surface area contributed by atoms with Gasteiger partial charge in [0.1, 0.15) is 18.1 Å². The van der Waals surface area contributed by atoms with Crippen molar-refractivity contribution in [1.82, 2.24) is 0 Å². The number of ether oxygens (including phenoxy) is 4. The Morgan fingerprint density at radius 2 is 2.00 bits per heavy atom. The Labute approximate surface area is 164 Å². The fourth-order valence-corrected chi connectivity index (χ4v) is 2.82. The van der Waals surface area contributed by atoms with Crippen LogP contribution in [0.1, 0.15) is 19.8 Å². The maximum atomic E-state index is 11.6. The Bertz CT molecular complexity index is 775. The van der Waals surface area contributed by atoms with E-state index >= 15 is 0 Å². The zero-order valence-electron chi connectivity index (χ0n) is 15.7. The van der Waals surface area contributed by atoms with E-state index < -0.39 is 12.1 Å². The van der Waals surface area contributed by atoms with Crippen molar-refractivity contribution in [2.45, 2.75) is 25.9 Å². The number of fused-ring (bicyclic) bond motifs is 1. The zero-order valence-corrected chi connectivity index (χ0v) is 16.5. The molecule has 0 saturated heterocycles. The van der Waals surface area contributed by atoms with Gasteiger partial charge in [0.25, 0.3) is 0 Å². The lowest BCUT2D eigenvalue weighted by molar-refractivity contribution is -0.148. The van der Waals surface area contributed by atoms with Crippen molar-refractivity contribution in [1.29, 1.82) is 0 Å². The number of rotatable bonds is 11. The van der Waals surface area contributed by atoms with E-state index in [-0.39, 0.29) is 13.2 Å². The maximum Gasteiger partial charge on any atom is 0.330 e. The molecule has 0 aliphatic heterocycles. The molecule has 2 aromatic carbocycles. The van der Waals surface area contributed by atoms with Crippen molar-refractivity contribution in [3.63, 3.8) is 0 Å². The van der Waals surface area contributed by atoms with Gasteiger partial charge in [-0.3, -0.25) is 0 Å². The summed E-state index contributed by atoms with van der Waals surface area (Å²) < 4.78 is 22.2. The molecular weight excluding hydrogens is 368 g/mol. The SMILES string of the molecule is C=CC(=O)OC(COCCCC)COc1c(Cl)cc(OC)c2ccccc12. The molecule has 146 valence electrons. The number of carbonyl (C=O) groups is 1. The quantitative estimate of drug-likeness (QED) is 0.312. The molecule has 2 rings (SSSR count). The van der Waals surface area contributed by atoms with Gasteiger partial charge in [-0.2, -0.15) is 0 Å². The van der Waals surface area contributed by atoms with Gasteiger partial charge in [0.15, 0.2) is 6.10 Å². The third-order valence-electron chi connectivity index (χ3n) is 3.94. The van der Waals surface area contributed by atoms with Crippen LogP contribution in [0.4, 0.5) is 0 Å². The van der Waals surface area contributed by atoms with E-state index in [0.717, 1.165) is 29.7 Å². The zero-order chi connectivity index (χ0) is 19.6. The number of hydrogen-bond donors (Lipinski definition) is 0. The summed E-state index contributed by atoms with van der Waals surface area (Å²) in [5, 5.41) is 2.13. The van der Waals surface area contributed by atoms with Crippen molar-refractivity contribution < 1.29 is 23.7 Å². The highest BCUT2D eigenvalue weighted by Crippen LogP contribution is 2.39. The average molecular weight is 393 g/mol. The van der Waals surface area contributed by atoms with Crippen LogP contribution in [-0.2, 0) is 14.3 Å². The fourth-order valence-electron chi connectivity index (χ4n) is 2.56. The number of esters is 1. The largest absolute Gasteiger partial charge is 0.496 e. The summed E-state index contributed by atoms with van der Waals surface area (Å²) in [7, 11) is 1.59. The number of carbonyl (C=O) groups excluding carboxylic acids is 1. The Kier molecular flexibility index (Phi) is 8.43. The van der Waals surface area contributed by atoms with Crippen LogP contribution in [0.5, 0.6) is 11.5 Å². The molecule has 0 aliphatic carbocycles. The van der Waals surface area contributed by atoms with Crippen LogP contribution in [0, 0.1) is 0 Å². The van der Waals surface area contributed by atoms with Crippen LogP contribution in [0.2, 0.25) is 5.02 Å². The van der Waals surface area contributed by atoms with Crippen LogP contribution in [-0.4, -0.2) is 39.0 Å². The molecule has 0 aromatic heterocycles. The van der Waals surface area contributed by atoms with Gasteiger partial charge in [-0.15, -0.1) is 0 Å². The van der Waals surface area contributed by atoms with Gasteiger partial charge in [0.2, 0.25) is 0 Å². The molecule has 0 amide bonds. The van der Waals surface area contributed by atoms with Crippen LogP contribution in [0.15, 0.2) is 43.0 Å². The van der Waals surface area contributed by atoms with E-state index in [1.165, 1.54) is 0 Å². The Hall–Kier alpha value is -2.24. The lowest BCUT2D eigenvalue weighted by Crippen LogP contribution is -2.29. The third kappa shape index (κ3) is 5.88. The lowest BCUT2D eigenvalue weighted by Gasteiger charge is -2.20. The minimum atomic E-state index is -0.565. The number of methoxy groups -OCH3 is 1. The molecule has 6 heteroatoms. The molecule has 0 radical (unpaired) electrons. The first-order valence-electron chi connectivity index (χ1n) is 8.89. The molecule has 27 heavy (non-hydrogen) atoms. The number of unbranched alkanes of at least 4 members (excludes halogenated alkanes) is 1. The minimum Gasteiger partial charge on any atom is -0.496 e. The van der Waals surface area contributed by atoms with E-state index in [1.54, 1.807) is 13.2 Å². The third-order valence-corrected chi connectivity index (χ3v) is 4.22. The van der Waals surface area contributed by atoms with Crippen LogP contribution in [0.3, 0.4) is 0 Å². The molecule has 5 nitrogen and oxygen atoms in total. The molecule has 0 heterocycles. The summed E-state index contributed by atoms with van der Waals surface area (Å²) in [5.41, 5.74) is 0. The number of benzene rings is 2. The Balaban J connectivity index is 2.16. The van der Waals surface area contributed by atoms with E-state index in [4.69, 9.17) is 30.5 Å². The van der Waals surface area contributed by atoms with Crippen LogP contribution >= 0.6 is 11.6 Å². The fraction of sp³-hybridized carbons (Fsp3) is 0.381. The molecule has 0 aliphatic rings. The second-order valence-corrected chi connectivity index (χ2v) is 6.35. The predicted molar refractivity (Wildman–Crippen MR) is 107 cm³/mol. The highest BCUT2D eigenvalue weighted by molar-refractivity contribution is 6.33. The summed E-state index contributed by atoms with van der Waals surface area (Å²) in [6, 6.07) is 9.36. The molecule has 1 atom stereocenters. The van der Waals surface area contributed by atoms with E-state index in [9.17, 15) is 4.79 Å². The highest BCUT2D eigenvalue weighted by Gasteiger charge is 2.18. The second kappa shape index (κ2) is 10.8. The number of hydrogen-bond acceptors (Lipinski definition) is 5. The molecule has 0 spiro atoms. The topological polar surface area (TPSA) is 54.0 Å². The van der Waals surface area contributed by atoms with Gasteiger partial charge >= 0.3 is 5.97 Å².